The van der Waals surface area contributed by atoms with E-state index in [0.29, 0.717) is 6.42 Å². The quantitative estimate of drug-likeness (QED) is 0.703. The number of amides is 1. The van der Waals surface area contributed by atoms with Crippen LogP contribution in [0.15, 0.2) is 24.3 Å². The van der Waals surface area contributed by atoms with E-state index in [0.717, 1.165) is 25.0 Å². The van der Waals surface area contributed by atoms with Gasteiger partial charge >= 0.3 is 6.18 Å². The largest absolute Gasteiger partial charge is 0.491 e. The number of carbonyl (C=O) groups is 1. The number of nitrogens with one attached hydrogen (secondary N) is 1. The maximum Gasteiger partial charge on any atom is 0.416 e. The van der Waals surface area contributed by atoms with Crippen molar-refractivity contribution < 1.29 is 27.8 Å². The topological polar surface area (TPSA) is 84.6 Å². The average molecular weight is 383 g/mol. The van der Waals surface area contributed by atoms with E-state index in [1.54, 1.807) is 0 Å². The Hall–Kier alpha value is -1.51. The number of hydrogen-bond acceptors (Lipinski definition) is 4. The lowest BCUT2D eigenvalue weighted by Crippen LogP contribution is -2.38. The van der Waals surface area contributed by atoms with Gasteiger partial charge in [-0.1, -0.05) is 0 Å². The zero-order chi connectivity index (χ0) is 17.7. The lowest BCUT2D eigenvalue weighted by atomic mass is 10.1. The molecule has 0 saturated heterocycles. The highest BCUT2D eigenvalue weighted by Crippen LogP contribution is 2.30. The number of benzene rings is 1. The van der Waals surface area contributed by atoms with Crippen LogP contribution in [0.25, 0.3) is 0 Å². The second kappa shape index (κ2) is 9.26. The molecule has 25 heavy (non-hydrogen) atoms. The maximum atomic E-state index is 12.4. The number of aliphatic hydroxyl groups excluding tert-OH is 1. The Morgan fingerprint density at radius 3 is 2.48 bits per heavy atom. The van der Waals surface area contributed by atoms with Crippen molar-refractivity contribution in [2.75, 3.05) is 13.2 Å². The fraction of sp³-hybridized carbons (Fsp3) is 0.562. The molecule has 0 bridgehead atoms. The summed E-state index contributed by atoms with van der Waals surface area (Å²) >= 11 is 0. The Balaban J connectivity index is 0.00000312. The van der Waals surface area contributed by atoms with Gasteiger partial charge in [0.05, 0.1) is 5.56 Å². The first kappa shape index (κ1) is 21.5. The number of carbonyl (C=O) groups excluding carboxylic acids is 1. The van der Waals surface area contributed by atoms with Crippen molar-refractivity contribution >= 4 is 18.3 Å². The summed E-state index contributed by atoms with van der Waals surface area (Å²) < 4.78 is 42.5. The van der Waals surface area contributed by atoms with Gasteiger partial charge in [0.2, 0.25) is 5.91 Å². The molecule has 4 N–H and O–H groups in total. The third-order valence-corrected chi connectivity index (χ3v) is 3.98. The molecule has 1 amide bonds. The Kier molecular flexibility index (Phi) is 7.98. The van der Waals surface area contributed by atoms with Crippen molar-refractivity contribution in [2.45, 2.75) is 37.6 Å². The predicted octanol–water partition coefficient (Wildman–Crippen LogP) is 2.11. The first-order valence-corrected chi connectivity index (χ1v) is 7.77. The highest BCUT2D eigenvalue weighted by Gasteiger charge is 2.30. The second-order valence-corrected chi connectivity index (χ2v) is 6.00. The fourth-order valence-electron chi connectivity index (χ4n) is 2.61. The molecule has 2 rings (SSSR count). The Morgan fingerprint density at radius 2 is 1.96 bits per heavy atom. The first-order valence-electron chi connectivity index (χ1n) is 7.77. The Morgan fingerprint density at radius 1 is 1.32 bits per heavy atom. The summed E-state index contributed by atoms with van der Waals surface area (Å²) in [5, 5.41) is 12.4. The molecule has 3 atom stereocenters. The van der Waals surface area contributed by atoms with Crippen LogP contribution in [0.3, 0.4) is 0 Å². The SMILES string of the molecule is Cl.NC1CCC(C(=O)NCC(O)COc2ccc(C(F)(F)F)cc2)C1. The van der Waals surface area contributed by atoms with Crippen LogP contribution in [0.5, 0.6) is 5.75 Å². The van der Waals surface area contributed by atoms with Gasteiger partial charge in [-0.3, -0.25) is 4.79 Å². The summed E-state index contributed by atoms with van der Waals surface area (Å²) in [6, 6.07) is 4.25. The van der Waals surface area contributed by atoms with E-state index in [2.05, 4.69) is 5.32 Å². The normalized spacial score (nSPS) is 21.3. The maximum absolute atomic E-state index is 12.4. The second-order valence-electron chi connectivity index (χ2n) is 6.00. The summed E-state index contributed by atoms with van der Waals surface area (Å²) in [7, 11) is 0. The van der Waals surface area contributed by atoms with Crippen LogP contribution in [0.1, 0.15) is 24.8 Å². The summed E-state index contributed by atoms with van der Waals surface area (Å²) in [4.78, 5) is 11.9. The Bertz CT molecular complexity index is 555. The molecule has 0 aromatic heterocycles. The van der Waals surface area contributed by atoms with Crippen LogP contribution < -0.4 is 15.8 Å². The molecule has 1 aromatic carbocycles. The van der Waals surface area contributed by atoms with Gasteiger partial charge in [0.15, 0.2) is 0 Å². The van der Waals surface area contributed by atoms with Crippen LogP contribution >= 0.6 is 12.4 Å². The zero-order valence-corrected chi connectivity index (χ0v) is 14.3. The molecule has 0 radical (unpaired) electrons. The van der Waals surface area contributed by atoms with Gasteiger partial charge in [0, 0.05) is 18.5 Å². The first-order chi connectivity index (χ1) is 11.3. The van der Waals surface area contributed by atoms with Crippen molar-refractivity contribution in [3.05, 3.63) is 29.8 Å². The third-order valence-electron chi connectivity index (χ3n) is 3.98. The fourth-order valence-corrected chi connectivity index (χ4v) is 2.61. The van der Waals surface area contributed by atoms with Gasteiger partial charge in [-0.25, -0.2) is 0 Å². The number of hydrogen-bond donors (Lipinski definition) is 3. The average Bonchev–Trinajstić information content (AvgIpc) is 2.96. The molecule has 9 heteroatoms. The van der Waals surface area contributed by atoms with Crippen LogP contribution in [-0.2, 0) is 11.0 Å². The smallest absolute Gasteiger partial charge is 0.416 e. The number of aliphatic hydroxyl groups is 1. The minimum atomic E-state index is -4.40. The lowest BCUT2D eigenvalue weighted by molar-refractivity contribution is -0.137. The van der Waals surface area contributed by atoms with Crippen LogP contribution in [0.4, 0.5) is 13.2 Å². The van der Waals surface area contributed by atoms with Crippen molar-refractivity contribution in [3.63, 3.8) is 0 Å². The van der Waals surface area contributed by atoms with Crippen molar-refractivity contribution in [1.29, 1.82) is 0 Å². The summed E-state index contributed by atoms with van der Waals surface area (Å²) in [5.74, 6) is -0.0466. The van der Waals surface area contributed by atoms with Gasteiger partial charge in [-0.05, 0) is 43.5 Å². The molecule has 5 nitrogen and oxygen atoms in total. The molecule has 0 heterocycles. The van der Waals surface area contributed by atoms with Gasteiger partial charge in [-0.15, -0.1) is 12.4 Å². The zero-order valence-electron chi connectivity index (χ0n) is 13.5. The molecular weight excluding hydrogens is 361 g/mol. The molecule has 1 aromatic rings. The van der Waals surface area contributed by atoms with E-state index >= 15 is 0 Å². The van der Waals surface area contributed by atoms with E-state index in [-0.39, 0.29) is 49.2 Å². The number of ether oxygens (including phenoxy) is 1. The minimum absolute atomic E-state index is 0. The molecular formula is C16H22ClF3N2O3. The van der Waals surface area contributed by atoms with Crippen molar-refractivity contribution in [1.82, 2.24) is 5.32 Å². The minimum Gasteiger partial charge on any atom is -0.491 e. The third kappa shape index (κ3) is 6.72. The van der Waals surface area contributed by atoms with E-state index in [9.17, 15) is 23.1 Å². The van der Waals surface area contributed by atoms with Crippen molar-refractivity contribution in [2.24, 2.45) is 11.7 Å². The summed E-state index contributed by atoms with van der Waals surface area (Å²) in [6.45, 7) is -0.110. The van der Waals surface area contributed by atoms with Gasteiger partial charge in [-0.2, -0.15) is 13.2 Å². The molecule has 0 spiro atoms. The lowest BCUT2D eigenvalue weighted by Gasteiger charge is -2.15. The van der Waals surface area contributed by atoms with Gasteiger partial charge in [0.25, 0.3) is 0 Å². The van der Waals surface area contributed by atoms with Gasteiger partial charge in [0.1, 0.15) is 18.5 Å². The van der Waals surface area contributed by atoms with E-state index < -0.39 is 17.8 Å². The summed E-state index contributed by atoms with van der Waals surface area (Å²) in [6.07, 6.45) is -3.15. The highest BCUT2D eigenvalue weighted by atomic mass is 35.5. The number of alkyl halides is 3. The van der Waals surface area contributed by atoms with Gasteiger partial charge < -0.3 is 20.9 Å². The molecule has 1 fully saturated rings. The number of nitrogens with two attached hydrogens (primary N) is 1. The molecule has 142 valence electrons. The molecule has 1 saturated carbocycles. The van der Waals surface area contributed by atoms with Crippen LogP contribution in [0, 0.1) is 5.92 Å². The molecule has 1 aliphatic rings. The Labute approximate surface area is 150 Å². The van der Waals surface area contributed by atoms with E-state index in [1.165, 1.54) is 12.1 Å². The standard InChI is InChI=1S/C16H21F3N2O3.ClH/c17-16(18,19)11-2-5-14(6-3-11)24-9-13(22)8-21-15(23)10-1-4-12(20)7-10;/h2-3,5-6,10,12-13,22H,1,4,7-9,20H2,(H,21,23);1H. The summed E-state index contributed by atoms with van der Waals surface area (Å²) in [5.41, 5.74) is 4.98. The van der Waals surface area contributed by atoms with Crippen LogP contribution in [0.2, 0.25) is 0 Å². The molecule has 1 aliphatic carbocycles. The van der Waals surface area contributed by atoms with E-state index in [4.69, 9.17) is 10.5 Å². The number of halogens is 4. The van der Waals surface area contributed by atoms with Crippen molar-refractivity contribution in [3.8, 4) is 5.75 Å². The molecule has 0 aliphatic heterocycles. The highest BCUT2D eigenvalue weighted by molar-refractivity contribution is 5.85. The monoisotopic (exact) mass is 382 g/mol. The number of rotatable bonds is 6. The van der Waals surface area contributed by atoms with Crippen LogP contribution in [-0.4, -0.2) is 36.3 Å². The predicted molar refractivity (Wildman–Crippen MR) is 88.5 cm³/mol. The molecule has 3 unspecified atom stereocenters. The van der Waals surface area contributed by atoms with E-state index in [1.807, 2.05) is 0 Å².